The summed E-state index contributed by atoms with van der Waals surface area (Å²) in [5, 5.41) is 74.8. The van der Waals surface area contributed by atoms with Crippen LogP contribution >= 0.6 is 11.8 Å². The van der Waals surface area contributed by atoms with Gasteiger partial charge in [0.05, 0.1) is 28.4 Å². The number of thioether (sulfide) groups is 1. The molecule has 9 atom stereocenters. The van der Waals surface area contributed by atoms with E-state index in [-0.39, 0.29) is 53.7 Å². The van der Waals surface area contributed by atoms with E-state index in [1.54, 1.807) is 56.5 Å². The molecule has 3 aliphatic rings. The highest BCUT2D eigenvalue weighted by Gasteiger charge is 2.46. The molecule has 0 unspecified atom stereocenters. The molecule has 131 heavy (non-hydrogen) atoms. The number of carbonyl (C=O) groups is 17. The van der Waals surface area contributed by atoms with Crippen molar-refractivity contribution in [2.75, 3.05) is 69.9 Å². The Balaban J connectivity index is 1.22. The van der Waals surface area contributed by atoms with E-state index in [2.05, 4.69) is 58.5 Å². The van der Waals surface area contributed by atoms with Crippen molar-refractivity contribution >= 4 is 150 Å². The summed E-state index contributed by atoms with van der Waals surface area (Å²) >= 11 is 1.24. The Kier molecular flexibility index (Phi) is 43.1. The van der Waals surface area contributed by atoms with Crippen molar-refractivity contribution in [2.45, 2.75) is 240 Å². The highest BCUT2D eigenvalue weighted by Crippen LogP contribution is 2.49. The molecule has 0 saturated carbocycles. The zero-order chi connectivity index (χ0) is 98.0. The number of carboxylic acids is 5. The molecular formula is C85H121N14O29S3+. The van der Waals surface area contributed by atoms with E-state index in [4.69, 9.17) is 4.74 Å². The van der Waals surface area contributed by atoms with Gasteiger partial charge in [-0.3, -0.25) is 90.6 Å². The summed E-state index contributed by atoms with van der Waals surface area (Å²) in [5.41, 5.74) is 2.83. The quantitative estimate of drug-likeness (QED) is 0.0191. The lowest BCUT2D eigenvalue weighted by molar-refractivity contribution is -0.433. The van der Waals surface area contributed by atoms with Crippen LogP contribution in [0.3, 0.4) is 0 Å². The summed E-state index contributed by atoms with van der Waals surface area (Å²) in [5.74, 6) is -18.5. The van der Waals surface area contributed by atoms with Crippen molar-refractivity contribution in [1.29, 1.82) is 0 Å². The van der Waals surface area contributed by atoms with Gasteiger partial charge in [0, 0.05) is 105 Å². The minimum absolute atomic E-state index is 0.0960. The average Bonchev–Trinajstić information content (AvgIpc) is 1.59. The van der Waals surface area contributed by atoms with Gasteiger partial charge in [-0.05, 0) is 146 Å². The van der Waals surface area contributed by atoms with Crippen LogP contribution in [0.2, 0.25) is 0 Å². The second kappa shape index (κ2) is 51.6. The van der Waals surface area contributed by atoms with Gasteiger partial charge in [-0.2, -0.15) is 33.2 Å². The standard InChI is InChI=1S/C85H120N14O29S3/c1-11-97-62-32-25-51(130(122,123)124)44-53(62)84(5,6)65(97)22-16-13-12-14-17-23-66-85(7,8)54-45-52(131(125,126)127)26-33-63(54)98(66)40-19-15-18-24-67(100)90-56(28-35-71(105)106)78(116)93-58(30-37-73(109)110)80(118)95-59(31-38-74(111)112)81(119)94-57(29-36-72(107)108)79(117)92-55(27-34-70(103)104)76(114)87-39-42-128-47-69(102)99-41-20-21-64(99)83(121)96-60(43-49(2)3)77(115)88-46-68(101)91-61(48-129-10)82(120)89-50(4)75(113)86-9/h12-14,16-17,22-23,25-26,32-33,44-45,49-50,55-61,64H,11,15,18-21,24,27-31,34-43,46-48H2,1-10H3,(H17-,86,87,88,89,90,91,92,93,94,95,96,100,101,103,104,105,106,107,108,109,110,111,112,113,114,115,116,117,118,119,120,121,122,123,124,125,126,127)/p+1/t50-,55+,56+,57+,58+,59+,60-,61-,64-/m0/s1. The highest BCUT2D eigenvalue weighted by molar-refractivity contribution is 7.98. The first kappa shape index (κ1) is 110. The first-order chi connectivity index (χ1) is 61.5. The maximum atomic E-state index is 14.3. The number of unbranched alkanes of at least 4 members (excludes halogenated alkanes) is 2. The summed E-state index contributed by atoms with van der Waals surface area (Å²) in [6, 6.07) is -4.93. The highest BCUT2D eigenvalue weighted by atomic mass is 32.2. The predicted octanol–water partition coefficient (Wildman–Crippen LogP) is 1.10. The Morgan fingerprint density at radius 2 is 1.02 bits per heavy atom. The summed E-state index contributed by atoms with van der Waals surface area (Å²) < 4.78 is 76.1. The number of rotatable bonds is 56. The molecule has 0 aliphatic carbocycles. The van der Waals surface area contributed by atoms with Crippen LogP contribution in [-0.2, 0) is 117 Å². The van der Waals surface area contributed by atoms with Crippen molar-refractivity contribution < 1.29 is 142 Å². The number of hydrogen-bond donors (Lipinski definition) is 18. The maximum Gasteiger partial charge on any atom is 0.303 e. The average molecular weight is 1900 g/mol. The molecule has 18 N–H and O–H groups in total. The van der Waals surface area contributed by atoms with Gasteiger partial charge in [-0.15, -0.1) is 0 Å². The van der Waals surface area contributed by atoms with Crippen LogP contribution < -0.4 is 63.4 Å². The molecule has 12 amide bonds. The topological polar surface area (TPSA) is 651 Å². The van der Waals surface area contributed by atoms with Crippen LogP contribution in [0.4, 0.5) is 11.4 Å². The van der Waals surface area contributed by atoms with E-state index in [9.17, 15) is 133 Å². The van der Waals surface area contributed by atoms with Crippen molar-refractivity contribution in [3.63, 3.8) is 0 Å². The second-order valence-corrected chi connectivity index (χ2v) is 36.5. The number of aliphatic carboxylic acids is 5. The molecule has 722 valence electrons. The molecule has 2 aromatic rings. The van der Waals surface area contributed by atoms with Crippen LogP contribution in [0.1, 0.15) is 176 Å². The first-order valence-electron chi connectivity index (χ1n) is 42.5. The number of carbonyl (C=O) groups excluding carboxylic acids is 12. The number of likely N-dealkylation sites (N-methyl/N-ethyl adjacent to an activating group) is 1. The summed E-state index contributed by atoms with van der Waals surface area (Å²) in [6.07, 6.45) is 8.06. The van der Waals surface area contributed by atoms with E-state index >= 15 is 0 Å². The van der Waals surface area contributed by atoms with Crippen molar-refractivity contribution in [1.82, 2.24) is 63.4 Å². The van der Waals surface area contributed by atoms with Crippen LogP contribution in [0, 0.1) is 5.92 Å². The van der Waals surface area contributed by atoms with Gasteiger partial charge in [-0.25, -0.2) is 0 Å². The SMILES string of the molecule is CC[N+]1=C(/C=C/C=C/C=C/C=C2/N(CCCCCC(=O)N[C@H](CCC(=O)O)C(=O)N[C@H](CCC(=O)O)C(=O)N[C@H](CCC(=O)O)C(=O)N[C@H](CCC(=O)O)C(=O)N[C@H](CCC(=O)O)C(=O)NCCOCC(=O)N3CCC[C@H]3C(=O)N[C@@H](CC(C)C)C(=O)NCC(=O)N[C@@H](CSC)C(=O)N[C@@H](C)C(=O)NC)c3ccc(S(=O)(=O)O)cc3C2(C)C)C(C)(C)c2cc(S(=O)(=O)O)ccc21. The number of likely N-dealkylation sites (tertiary alicyclic amines) is 1. The lowest BCUT2D eigenvalue weighted by atomic mass is 9.81. The van der Waals surface area contributed by atoms with E-state index in [1.807, 2.05) is 62.3 Å². The third-order valence-electron chi connectivity index (χ3n) is 21.7. The molecule has 3 heterocycles. The van der Waals surface area contributed by atoms with Crippen LogP contribution in [0.5, 0.6) is 0 Å². The number of carboxylic acid groups (broad SMARTS) is 5. The summed E-state index contributed by atoms with van der Waals surface area (Å²) in [6.45, 7) is 13.5. The van der Waals surface area contributed by atoms with Crippen LogP contribution in [0.15, 0.2) is 94.4 Å². The normalized spacial score (nSPS) is 16.6. The number of allylic oxidation sites excluding steroid dienone is 8. The molecule has 0 bridgehead atoms. The van der Waals surface area contributed by atoms with Crippen molar-refractivity contribution in [3.05, 3.63) is 95.8 Å². The third kappa shape index (κ3) is 34.3. The fourth-order valence-electron chi connectivity index (χ4n) is 14.9. The molecule has 0 spiro atoms. The Morgan fingerprint density at radius 1 is 0.542 bits per heavy atom. The number of hydrogen-bond acceptors (Lipinski definition) is 24. The number of fused-ring (bicyclic) bond motifs is 2. The van der Waals surface area contributed by atoms with Gasteiger partial charge < -0.3 is 98.6 Å². The fourth-order valence-corrected chi connectivity index (χ4v) is 16.5. The first-order valence-corrected chi connectivity index (χ1v) is 46.8. The maximum absolute atomic E-state index is 14.3. The summed E-state index contributed by atoms with van der Waals surface area (Å²) in [4.78, 5) is 225. The zero-order valence-corrected chi connectivity index (χ0v) is 77.1. The molecule has 5 rings (SSSR count). The number of ether oxygens (including phenoxy) is 1. The molecule has 1 fully saturated rings. The van der Waals surface area contributed by atoms with Crippen molar-refractivity contribution in [3.8, 4) is 0 Å². The van der Waals surface area contributed by atoms with Crippen LogP contribution in [-0.4, -0.2) is 287 Å². The van der Waals surface area contributed by atoms with Crippen LogP contribution in [0.25, 0.3) is 0 Å². The third-order valence-corrected chi connectivity index (χ3v) is 24.1. The van der Waals surface area contributed by atoms with Gasteiger partial charge >= 0.3 is 29.8 Å². The minimum atomic E-state index is -4.63. The van der Waals surface area contributed by atoms with Gasteiger partial charge in [-0.1, -0.05) is 64.5 Å². The van der Waals surface area contributed by atoms with Gasteiger partial charge in [0.1, 0.15) is 67.5 Å². The molecule has 1 saturated heterocycles. The summed E-state index contributed by atoms with van der Waals surface area (Å²) in [7, 11) is -7.70. The predicted molar refractivity (Wildman–Crippen MR) is 474 cm³/mol. The Morgan fingerprint density at radius 3 is 1.51 bits per heavy atom. The van der Waals surface area contributed by atoms with Gasteiger partial charge in [0.2, 0.25) is 76.6 Å². The largest absolute Gasteiger partial charge is 0.481 e. The Bertz CT molecular complexity index is 4950. The van der Waals surface area contributed by atoms with E-state index in [0.717, 1.165) is 22.7 Å². The molecule has 2 aromatic carbocycles. The van der Waals surface area contributed by atoms with E-state index in [1.165, 1.54) is 54.9 Å². The van der Waals surface area contributed by atoms with E-state index in [0.29, 0.717) is 43.6 Å². The number of amides is 12. The molecule has 43 nitrogen and oxygen atoms in total. The van der Waals surface area contributed by atoms with E-state index < -0.39 is 277 Å². The zero-order valence-electron chi connectivity index (χ0n) is 74.6. The Labute approximate surface area is 762 Å². The fraction of sp³-hybridized carbons (Fsp3) is 0.553. The minimum Gasteiger partial charge on any atom is -0.481 e. The Hall–Kier alpha value is -12.0. The monoisotopic (exact) mass is 1900 g/mol. The lowest BCUT2D eigenvalue weighted by Crippen LogP contribution is -2.59. The molecule has 46 heteroatoms. The second-order valence-electron chi connectivity index (χ2n) is 32.8. The molecule has 0 radical (unpaired) electrons. The van der Waals surface area contributed by atoms with Crippen molar-refractivity contribution in [2.24, 2.45) is 5.92 Å². The molecule has 3 aliphatic heterocycles. The number of nitrogens with zero attached hydrogens (tertiary/aromatic N) is 3. The lowest BCUT2D eigenvalue weighted by Gasteiger charge is -2.27. The smallest absolute Gasteiger partial charge is 0.303 e. The van der Waals surface area contributed by atoms with Gasteiger partial charge in [0.15, 0.2) is 5.71 Å². The number of nitrogens with one attached hydrogen (secondary N) is 11. The molecular weight excluding hydrogens is 1780 g/mol. The molecule has 0 aromatic heterocycles. The number of anilines is 1. The van der Waals surface area contributed by atoms with Gasteiger partial charge in [0.25, 0.3) is 20.2 Å². The number of benzene rings is 2.